The fourth-order valence-corrected chi connectivity index (χ4v) is 0.222. The number of allylic oxidation sites excluding steroid dienone is 7. The fraction of sp³-hybridized carbons (Fsp3) is 0.375. The lowest BCUT2D eigenvalue weighted by molar-refractivity contribution is 1.42. The van der Waals surface area contributed by atoms with Crippen LogP contribution in [0.2, 0.25) is 0 Å². The van der Waals surface area contributed by atoms with Crippen LogP contribution in [0.25, 0.3) is 0 Å². The third-order valence-electron chi connectivity index (χ3n) is 0.829. The van der Waals surface area contributed by atoms with E-state index in [2.05, 4.69) is 19.7 Å². The van der Waals surface area contributed by atoms with Crippen LogP contribution in [0, 0.1) is 0 Å². The van der Waals surface area contributed by atoms with Crippen molar-refractivity contribution in [3.8, 4) is 0 Å². The minimum Gasteiger partial charge on any atom is -0.106 e. The molecule has 0 N–H and O–H groups in total. The normalized spacial score (nSPS) is 8.62. The standard InChI is InChI=1S/C6H10.2C4H8.C2H4/c1-3-5-6-4-2;1-4(2)3;1-3-4-2;1-2/h3-6H,1-2H3;1H2,2-3H3;3-4H,1-2H3;1-2H2/b5-3-,6-4+;;4-3+;. The summed E-state index contributed by atoms with van der Waals surface area (Å²) in [6.45, 7) is 21.5. The van der Waals surface area contributed by atoms with Gasteiger partial charge >= 0.3 is 0 Å². The van der Waals surface area contributed by atoms with Crippen LogP contribution < -0.4 is 0 Å². The van der Waals surface area contributed by atoms with Crippen molar-refractivity contribution < 1.29 is 0 Å². The molecule has 0 saturated carbocycles. The Morgan fingerprint density at radius 2 is 0.875 bits per heavy atom. The molecule has 16 heavy (non-hydrogen) atoms. The van der Waals surface area contributed by atoms with Gasteiger partial charge in [0.15, 0.2) is 0 Å². The largest absolute Gasteiger partial charge is 0.106 e. The second kappa shape index (κ2) is 37.3. The molecule has 0 aromatic carbocycles. The minimum absolute atomic E-state index is 1.17. The predicted octanol–water partition coefficient (Wildman–Crippen LogP) is 6.11. The summed E-state index contributed by atoms with van der Waals surface area (Å²) in [4.78, 5) is 0. The van der Waals surface area contributed by atoms with Crippen LogP contribution in [0.5, 0.6) is 0 Å². The second-order valence-corrected chi connectivity index (χ2v) is 2.93. The Hall–Kier alpha value is -1.30. The predicted molar refractivity (Wildman–Crippen MR) is 81.9 cm³/mol. The van der Waals surface area contributed by atoms with Crippen LogP contribution >= 0.6 is 0 Å². The molecule has 0 amide bonds. The van der Waals surface area contributed by atoms with Crippen molar-refractivity contribution in [2.45, 2.75) is 41.5 Å². The molecule has 0 spiro atoms. The Kier molecular flexibility index (Phi) is 56.1. The van der Waals surface area contributed by atoms with Gasteiger partial charge in [-0.3, -0.25) is 0 Å². The van der Waals surface area contributed by atoms with Gasteiger partial charge in [0.2, 0.25) is 0 Å². The molecule has 0 fully saturated rings. The topological polar surface area (TPSA) is 0 Å². The molecule has 0 atom stereocenters. The van der Waals surface area contributed by atoms with Gasteiger partial charge in [-0.2, -0.15) is 0 Å². The highest BCUT2D eigenvalue weighted by atomic mass is 13.6. The van der Waals surface area contributed by atoms with Gasteiger partial charge in [0.1, 0.15) is 0 Å². The molecule has 0 heterocycles. The summed E-state index contributed by atoms with van der Waals surface area (Å²) in [6, 6.07) is 0. The van der Waals surface area contributed by atoms with E-state index < -0.39 is 0 Å². The van der Waals surface area contributed by atoms with Crippen molar-refractivity contribution in [1.82, 2.24) is 0 Å². The first-order chi connectivity index (χ1) is 7.56. The monoisotopic (exact) mass is 222 g/mol. The van der Waals surface area contributed by atoms with Crippen molar-refractivity contribution in [2.75, 3.05) is 0 Å². The van der Waals surface area contributed by atoms with Gasteiger partial charge in [-0.15, -0.1) is 19.7 Å². The van der Waals surface area contributed by atoms with Crippen LogP contribution in [0.15, 0.2) is 61.8 Å². The SMILES string of the molecule is C/C=C/C.C/C=C\C=C\C.C=C.C=C(C)C. The zero-order valence-corrected chi connectivity index (χ0v) is 12.1. The highest BCUT2D eigenvalue weighted by Gasteiger charge is 1.51. The van der Waals surface area contributed by atoms with E-state index in [4.69, 9.17) is 0 Å². The van der Waals surface area contributed by atoms with Crippen molar-refractivity contribution >= 4 is 0 Å². The smallest absolute Gasteiger partial charge is 0.0445 e. The third kappa shape index (κ3) is 238. The van der Waals surface area contributed by atoms with E-state index in [9.17, 15) is 0 Å². The Morgan fingerprint density at radius 1 is 0.688 bits per heavy atom. The highest BCUT2D eigenvalue weighted by Crippen LogP contribution is 1.73. The van der Waals surface area contributed by atoms with E-state index in [1.807, 2.05) is 78.0 Å². The molecule has 0 nitrogen and oxygen atoms in total. The quantitative estimate of drug-likeness (QED) is 0.371. The zero-order valence-electron chi connectivity index (χ0n) is 12.1. The van der Waals surface area contributed by atoms with E-state index >= 15 is 0 Å². The van der Waals surface area contributed by atoms with Gasteiger partial charge < -0.3 is 0 Å². The lowest BCUT2D eigenvalue weighted by atomic mass is 10.4. The number of hydrogen-bond acceptors (Lipinski definition) is 0. The highest BCUT2D eigenvalue weighted by molar-refractivity contribution is 4.98. The molecule has 0 aromatic heterocycles. The first-order valence-electron chi connectivity index (χ1n) is 5.50. The van der Waals surface area contributed by atoms with E-state index in [0.717, 1.165) is 0 Å². The number of hydrogen-bond donors (Lipinski definition) is 0. The molecule has 0 saturated heterocycles. The average molecular weight is 222 g/mol. The summed E-state index contributed by atoms with van der Waals surface area (Å²) < 4.78 is 0. The molecule has 0 heteroatoms. The van der Waals surface area contributed by atoms with Gasteiger partial charge in [0.25, 0.3) is 0 Å². The zero-order chi connectivity index (χ0) is 13.8. The lowest BCUT2D eigenvalue weighted by Gasteiger charge is -1.65. The van der Waals surface area contributed by atoms with Crippen molar-refractivity contribution in [2.24, 2.45) is 0 Å². The molecule has 0 unspecified atom stereocenters. The van der Waals surface area contributed by atoms with Crippen LogP contribution in [0.4, 0.5) is 0 Å². The summed E-state index contributed by atoms with van der Waals surface area (Å²) in [7, 11) is 0. The molecule has 0 aromatic rings. The van der Waals surface area contributed by atoms with Crippen LogP contribution in [0.3, 0.4) is 0 Å². The Bertz CT molecular complexity index is 162. The molecule has 0 aliphatic rings. The van der Waals surface area contributed by atoms with E-state index in [-0.39, 0.29) is 0 Å². The van der Waals surface area contributed by atoms with Crippen LogP contribution in [-0.4, -0.2) is 0 Å². The third-order valence-corrected chi connectivity index (χ3v) is 0.829. The van der Waals surface area contributed by atoms with Gasteiger partial charge in [-0.1, -0.05) is 42.0 Å². The maximum Gasteiger partial charge on any atom is -0.0445 e. The maximum atomic E-state index is 3.56. The van der Waals surface area contributed by atoms with Gasteiger partial charge in [0, 0.05) is 0 Å². The molecule has 94 valence electrons. The molecule has 0 aliphatic carbocycles. The molecule has 0 aliphatic heterocycles. The van der Waals surface area contributed by atoms with Gasteiger partial charge in [-0.05, 0) is 41.5 Å². The molecule has 0 rings (SSSR count). The van der Waals surface area contributed by atoms with E-state index in [0.29, 0.717) is 0 Å². The fourth-order valence-electron chi connectivity index (χ4n) is 0.222. The van der Waals surface area contributed by atoms with Crippen molar-refractivity contribution in [3.63, 3.8) is 0 Å². The van der Waals surface area contributed by atoms with Gasteiger partial charge in [0.05, 0.1) is 0 Å². The summed E-state index contributed by atoms with van der Waals surface area (Å²) in [5.74, 6) is 0. The summed E-state index contributed by atoms with van der Waals surface area (Å²) in [6.07, 6.45) is 12.0. The first kappa shape index (κ1) is 24.1. The van der Waals surface area contributed by atoms with E-state index in [1.54, 1.807) is 0 Å². The van der Waals surface area contributed by atoms with Crippen LogP contribution in [-0.2, 0) is 0 Å². The second-order valence-electron chi connectivity index (χ2n) is 2.93. The molecule has 0 radical (unpaired) electrons. The molecular formula is C16H30. The van der Waals surface area contributed by atoms with E-state index in [1.165, 1.54) is 5.57 Å². The molecule has 0 bridgehead atoms. The van der Waals surface area contributed by atoms with Crippen LogP contribution in [0.1, 0.15) is 41.5 Å². The van der Waals surface area contributed by atoms with Crippen molar-refractivity contribution in [1.29, 1.82) is 0 Å². The summed E-state index contributed by atoms with van der Waals surface area (Å²) >= 11 is 0. The summed E-state index contributed by atoms with van der Waals surface area (Å²) in [5, 5.41) is 0. The number of rotatable bonds is 1. The molecular weight excluding hydrogens is 192 g/mol. The van der Waals surface area contributed by atoms with Gasteiger partial charge in [-0.25, -0.2) is 0 Å². The average Bonchev–Trinajstić information content (AvgIpc) is 2.28. The summed E-state index contributed by atoms with van der Waals surface area (Å²) in [5.41, 5.74) is 1.17. The maximum absolute atomic E-state index is 3.56. The Labute approximate surface area is 104 Å². The Balaban J connectivity index is -0.0000000643. The minimum atomic E-state index is 1.17. The Morgan fingerprint density at radius 3 is 0.938 bits per heavy atom. The van der Waals surface area contributed by atoms with Crippen molar-refractivity contribution in [3.05, 3.63) is 61.8 Å². The lowest BCUT2D eigenvalue weighted by Crippen LogP contribution is -1.43. The first-order valence-corrected chi connectivity index (χ1v) is 5.50.